The minimum atomic E-state index is -1.40. The van der Waals surface area contributed by atoms with E-state index in [4.69, 9.17) is 16.2 Å². The Kier molecular flexibility index (Phi) is 26.7. The SMILES string of the molecule is CCSSC[C@H](NC(=O)[C@H](CC(=O)O)CC(=O)[C@H](CCCCC(=N)N)NC(=O)Cc1ccc(CNC(=O)NCCCC[C@H](NC(=O)NCCCC(=O)O)C(=O)O)cc1)C(=O)O. The van der Waals surface area contributed by atoms with Gasteiger partial charge in [0, 0.05) is 50.4 Å². The maximum absolute atomic E-state index is 13.5. The number of carbonyl (C=O) groups excluding carboxylic acids is 5. The summed E-state index contributed by atoms with van der Waals surface area (Å²) in [5.74, 6) is -7.73. The Morgan fingerprint density at radius 3 is 1.87 bits per heavy atom. The van der Waals surface area contributed by atoms with Gasteiger partial charge in [-0.2, -0.15) is 0 Å². The lowest BCUT2D eigenvalue weighted by Crippen LogP contribution is -2.47. The van der Waals surface area contributed by atoms with Gasteiger partial charge in [-0.05, 0) is 49.7 Å². The summed E-state index contributed by atoms with van der Waals surface area (Å²) in [6, 6.07) is 1.89. The van der Waals surface area contributed by atoms with Crippen LogP contribution in [0.2, 0.25) is 0 Å². The molecule has 21 nitrogen and oxygen atoms in total. The highest BCUT2D eigenvalue weighted by molar-refractivity contribution is 8.76. The van der Waals surface area contributed by atoms with E-state index in [1.54, 1.807) is 24.3 Å². The van der Waals surface area contributed by atoms with Crippen LogP contribution in [0.5, 0.6) is 0 Å². The molecule has 0 unspecified atom stereocenters. The van der Waals surface area contributed by atoms with Crippen LogP contribution in [0.3, 0.4) is 0 Å². The van der Waals surface area contributed by atoms with Gasteiger partial charge in [0.2, 0.25) is 11.8 Å². The molecule has 0 aliphatic carbocycles. The highest BCUT2D eigenvalue weighted by atomic mass is 33.1. The van der Waals surface area contributed by atoms with Crippen molar-refractivity contribution in [2.45, 2.75) is 109 Å². The summed E-state index contributed by atoms with van der Waals surface area (Å²) >= 11 is 0. The standard InChI is InChI=1S/C38H58N8O13S2/c1-2-60-61-22-28(36(56)57)45-34(53)25(20-33(51)52)19-29(47)26(8-3-4-10-30(39)40)44-31(48)18-23-12-14-24(15-13-23)21-43-37(58)41-16-6-5-9-27(35(54)55)46-38(59)42-17-7-11-32(49)50/h12-15,25-28H,2-11,16-22H2,1H3,(H3,39,40)(H,44,48)(H,45,53)(H,49,50)(H,51,52)(H,54,55)(H,56,57)(H2,41,43,58)(H2,42,46,59)/t25-,26-,27-,28-/m0/s1. The van der Waals surface area contributed by atoms with Gasteiger partial charge in [0.25, 0.3) is 0 Å². The smallest absolute Gasteiger partial charge is 0.327 e. The number of carboxylic acids is 4. The third-order valence-corrected chi connectivity index (χ3v) is 11.2. The maximum Gasteiger partial charge on any atom is 0.327 e. The van der Waals surface area contributed by atoms with Gasteiger partial charge >= 0.3 is 35.9 Å². The molecular formula is C38H58N8O13S2. The van der Waals surface area contributed by atoms with Gasteiger partial charge in [0.1, 0.15) is 12.1 Å². The fraction of sp³-hybridized carbons (Fsp3) is 0.579. The molecule has 1 rings (SSSR count). The predicted octanol–water partition coefficient (Wildman–Crippen LogP) is 1.82. The molecule has 13 N–H and O–H groups in total. The number of amides is 6. The van der Waals surface area contributed by atoms with Crippen molar-refractivity contribution in [2.75, 3.05) is 24.6 Å². The Morgan fingerprint density at radius 2 is 1.26 bits per heavy atom. The third kappa shape index (κ3) is 25.6. The fourth-order valence-electron chi connectivity index (χ4n) is 5.53. The minimum absolute atomic E-state index is 0.0151. The van der Waals surface area contributed by atoms with E-state index in [0.717, 1.165) is 0 Å². The predicted molar refractivity (Wildman–Crippen MR) is 227 cm³/mol. The highest BCUT2D eigenvalue weighted by Crippen LogP contribution is 2.22. The lowest BCUT2D eigenvalue weighted by Gasteiger charge is -2.22. The molecule has 6 amide bonds. The molecule has 1 aromatic carbocycles. The number of hydrogen-bond donors (Lipinski definition) is 12. The Bertz CT molecular complexity index is 1650. The Hall–Kier alpha value is -5.58. The first-order chi connectivity index (χ1) is 28.9. The molecule has 0 heterocycles. The van der Waals surface area contributed by atoms with Crippen molar-refractivity contribution in [3.05, 3.63) is 35.4 Å². The van der Waals surface area contributed by atoms with Crippen molar-refractivity contribution in [1.29, 1.82) is 5.41 Å². The van der Waals surface area contributed by atoms with Gasteiger partial charge in [0.05, 0.1) is 30.6 Å². The highest BCUT2D eigenvalue weighted by Gasteiger charge is 2.32. The molecule has 0 aliphatic heterocycles. The Balaban J connectivity index is 2.72. The minimum Gasteiger partial charge on any atom is -0.481 e. The molecule has 0 bridgehead atoms. The second kappa shape index (κ2) is 30.4. The summed E-state index contributed by atoms with van der Waals surface area (Å²) in [6.07, 6.45) is 0.668. The van der Waals surface area contributed by atoms with Crippen molar-refractivity contribution in [1.82, 2.24) is 31.9 Å². The third-order valence-electron chi connectivity index (χ3n) is 8.70. The molecule has 1 aromatic rings. The van der Waals surface area contributed by atoms with Crippen LogP contribution in [0.4, 0.5) is 9.59 Å². The van der Waals surface area contributed by atoms with Gasteiger partial charge < -0.3 is 58.1 Å². The van der Waals surface area contributed by atoms with E-state index >= 15 is 0 Å². The largest absolute Gasteiger partial charge is 0.481 e. The Labute approximate surface area is 361 Å². The number of Topliss-reactive ketones (excluding diaryl/α,β-unsaturated/α-hetero) is 1. The number of nitrogens with one attached hydrogen (secondary N) is 7. The zero-order valence-corrected chi connectivity index (χ0v) is 35.6. The number of hydrogen-bond acceptors (Lipinski definition) is 12. The zero-order chi connectivity index (χ0) is 45.7. The van der Waals surface area contributed by atoms with Crippen LogP contribution in [-0.4, -0.2) is 123 Å². The molecule has 0 saturated carbocycles. The van der Waals surface area contributed by atoms with Crippen LogP contribution in [0.1, 0.15) is 88.7 Å². The number of unbranched alkanes of at least 4 members (excludes halogenated alkanes) is 2. The fourth-order valence-corrected chi connectivity index (χ4v) is 7.35. The average molecular weight is 899 g/mol. The van der Waals surface area contributed by atoms with E-state index in [0.29, 0.717) is 42.6 Å². The molecule has 0 saturated heterocycles. The monoisotopic (exact) mass is 898 g/mol. The van der Waals surface area contributed by atoms with Crippen LogP contribution in [0.15, 0.2) is 24.3 Å². The molecule has 23 heteroatoms. The molecule has 0 aromatic heterocycles. The maximum atomic E-state index is 13.5. The summed E-state index contributed by atoms with van der Waals surface area (Å²) in [4.78, 5) is 109. The van der Waals surface area contributed by atoms with Crippen molar-refractivity contribution >= 4 is 81.0 Å². The van der Waals surface area contributed by atoms with Gasteiger partial charge in [-0.1, -0.05) is 59.2 Å². The van der Waals surface area contributed by atoms with Gasteiger partial charge in [-0.15, -0.1) is 0 Å². The summed E-state index contributed by atoms with van der Waals surface area (Å²) < 4.78 is 0. The number of nitrogens with two attached hydrogens (primary N) is 1. The van der Waals surface area contributed by atoms with Crippen LogP contribution < -0.4 is 37.6 Å². The van der Waals surface area contributed by atoms with Crippen molar-refractivity contribution < 1.29 is 63.6 Å². The van der Waals surface area contributed by atoms with Crippen LogP contribution in [0, 0.1) is 11.3 Å². The molecule has 0 spiro atoms. The first kappa shape index (κ1) is 53.4. The summed E-state index contributed by atoms with van der Waals surface area (Å²) in [5.41, 5.74) is 6.71. The van der Waals surface area contributed by atoms with Crippen molar-refractivity contribution in [3.63, 3.8) is 0 Å². The molecular weight excluding hydrogens is 841 g/mol. The van der Waals surface area contributed by atoms with E-state index in [1.807, 2.05) is 6.92 Å². The molecule has 4 atom stereocenters. The molecule has 340 valence electrons. The lowest BCUT2D eigenvalue weighted by molar-refractivity contribution is -0.144. The molecule has 61 heavy (non-hydrogen) atoms. The topological polar surface area (TPSA) is 357 Å². The number of rotatable bonds is 33. The van der Waals surface area contributed by atoms with Gasteiger partial charge in [0.15, 0.2) is 5.78 Å². The quantitative estimate of drug-likeness (QED) is 0.0207. The van der Waals surface area contributed by atoms with E-state index in [2.05, 4.69) is 31.9 Å². The summed E-state index contributed by atoms with van der Waals surface area (Å²) in [6.45, 7) is 2.31. The molecule has 0 radical (unpaired) electrons. The van der Waals surface area contributed by atoms with E-state index in [1.165, 1.54) is 21.6 Å². The second-order valence-electron chi connectivity index (χ2n) is 13.8. The molecule has 0 aliphatic rings. The van der Waals surface area contributed by atoms with E-state index < -0.39 is 90.4 Å². The number of carbonyl (C=O) groups is 9. The van der Waals surface area contributed by atoms with E-state index in [9.17, 15) is 58.5 Å². The number of benzene rings is 1. The second-order valence-corrected chi connectivity index (χ2v) is 16.6. The van der Waals surface area contributed by atoms with Crippen LogP contribution >= 0.6 is 21.6 Å². The number of urea groups is 2. The lowest BCUT2D eigenvalue weighted by atomic mass is 9.92. The van der Waals surface area contributed by atoms with Crippen LogP contribution in [-0.2, 0) is 46.5 Å². The summed E-state index contributed by atoms with van der Waals surface area (Å²) in [7, 11) is 2.61. The van der Waals surface area contributed by atoms with Crippen molar-refractivity contribution in [2.24, 2.45) is 11.7 Å². The summed E-state index contributed by atoms with van der Waals surface area (Å²) in [5, 5.41) is 59.6. The number of ketones is 1. The average Bonchev–Trinajstić information content (AvgIpc) is 3.18. The first-order valence-corrected chi connectivity index (χ1v) is 22.1. The van der Waals surface area contributed by atoms with Crippen LogP contribution in [0.25, 0.3) is 0 Å². The van der Waals surface area contributed by atoms with Crippen molar-refractivity contribution in [3.8, 4) is 0 Å². The number of amidine groups is 1. The zero-order valence-electron chi connectivity index (χ0n) is 34.0. The van der Waals surface area contributed by atoms with E-state index in [-0.39, 0.29) is 69.7 Å². The van der Waals surface area contributed by atoms with Gasteiger partial charge in [-0.25, -0.2) is 19.2 Å². The molecule has 0 fully saturated rings. The number of carboxylic acid groups (broad SMARTS) is 4. The normalized spacial score (nSPS) is 12.7. The van der Waals surface area contributed by atoms with Gasteiger partial charge in [-0.3, -0.25) is 29.4 Å². The number of aliphatic carboxylic acids is 4. The first-order valence-electron chi connectivity index (χ1n) is 19.6. The Morgan fingerprint density at radius 1 is 0.656 bits per heavy atom.